The highest BCUT2D eigenvalue weighted by molar-refractivity contribution is 6.30. The molecule has 19 heavy (non-hydrogen) atoms. The molecule has 102 valence electrons. The number of hydrogen-bond donors (Lipinski definition) is 1. The van der Waals surface area contributed by atoms with Gasteiger partial charge >= 0.3 is 5.97 Å². The fraction of sp³-hybridized carbons (Fsp3) is 0.385. The highest BCUT2D eigenvalue weighted by Crippen LogP contribution is 2.31. The average molecular weight is 283 g/mol. The standard InChI is InChI=1S/C13H15ClN2O3/c1-9(13(17)18)8-16(6-5-15)11-7-10(14)3-4-12(11)19-2/h3-4,7,9H,6,8H2,1-2H3,(H,17,18). The van der Waals surface area contributed by atoms with Gasteiger partial charge in [-0.3, -0.25) is 4.79 Å². The van der Waals surface area contributed by atoms with E-state index in [0.29, 0.717) is 16.5 Å². The molecular formula is C13H15ClN2O3. The molecule has 0 bridgehead atoms. The van der Waals surface area contributed by atoms with Crippen LogP contribution in [0.5, 0.6) is 5.75 Å². The number of nitriles is 1. The fourth-order valence-corrected chi connectivity index (χ4v) is 1.82. The maximum absolute atomic E-state index is 10.9. The van der Waals surface area contributed by atoms with Gasteiger partial charge in [0.15, 0.2) is 0 Å². The Balaban J connectivity index is 3.08. The fourth-order valence-electron chi connectivity index (χ4n) is 1.65. The van der Waals surface area contributed by atoms with Crippen molar-refractivity contribution in [3.63, 3.8) is 0 Å². The zero-order chi connectivity index (χ0) is 14.4. The van der Waals surface area contributed by atoms with Crippen LogP contribution in [0.25, 0.3) is 0 Å². The minimum absolute atomic E-state index is 0.0638. The molecule has 1 rings (SSSR count). The van der Waals surface area contributed by atoms with E-state index in [2.05, 4.69) is 0 Å². The van der Waals surface area contributed by atoms with Crippen LogP contribution in [0.2, 0.25) is 5.02 Å². The van der Waals surface area contributed by atoms with E-state index < -0.39 is 11.9 Å². The molecule has 0 fully saturated rings. The van der Waals surface area contributed by atoms with Gasteiger partial charge in [0.1, 0.15) is 12.3 Å². The molecule has 1 N–H and O–H groups in total. The third-order valence-corrected chi connectivity index (χ3v) is 2.89. The number of hydrogen-bond acceptors (Lipinski definition) is 4. The Hall–Kier alpha value is -1.93. The van der Waals surface area contributed by atoms with Gasteiger partial charge in [-0.1, -0.05) is 18.5 Å². The number of halogens is 1. The highest BCUT2D eigenvalue weighted by Gasteiger charge is 2.19. The summed E-state index contributed by atoms with van der Waals surface area (Å²) in [6.07, 6.45) is 0. The molecule has 1 unspecified atom stereocenters. The predicted octanol–water partition coefficient (Wildman–Crippen LogP) is 2.40. The molecule has 5 nitrogen and oxygen atoms in total. The second kappa shape index (κ2) is 6.86. The molecule has 0 saturated carbocycles. The minimum Gasteiger partial charge on any atom is -0.495 e. The van der Waals surface area contributed by atoms with Gasteiger partial charge in [-0.15, -0.1) is 0 Å². The number of carboxylic acids is 1. The SMILES string of the molecule is COc1ccc(Cl)cc1N(CC#N)CC(C)C(=O)O. The van der Waals surface area contributed by atoms with Crippen molar-refractivity contribution < 1.29 is 14.6 Å². The molecule has 0 radical (unpaired) electrons. The van der Waals surface area contributed by atoms with Crippen molar-refractivity contribution in [1.29, 1.82) is 5.26 Å². The lowest BCUT2D eigenvalue weighted by Gasteiger charge is -2.25. The normalized spacial score (nSPS) is 11.5. The van der Waals surface area contributed by atoms with Crippen LogP contribution in [-0.4, -0.2) is 31.3 Å². The molecule has 0 aliphatic carbocycles. The van der Waals surface area contributed by atoms with Crippen LogP contribution in [-0.2, 0) is 4.79 Å². The van der Waals surface area contributed by atoms with E-state index in [1.54, 1.807) is 30.0 Å². The first-order valence-corrected chi connectivity index (χ1v) is 6.05. The van der Waals surface area contributed by atoms with Gasteiger partial charge in [-0.05, 0) is 18.2 Å². The lowest BCUT2D eigenvalue weighted by molar-refractivity contribution is -0.140. The van der Waals surface area contributed by atoms with Crippen molar-refractivity contribution in [1.82, 2.24) is 0 Å². The smallest absolute Gasteiger partial charge is 0.308 e. The number of ether oxygens (including phenoxy) is 1. The van der Waals surface area contributed by atoms with Gasteiger partial charge < -0.3 is 14.7 Å². The number of benzene rings is 1. The van der Waals surface area contributed by atoms with Crippen LogP contribution in [0.4, 0.5) is 5.69 Å². The molecule has 0 aliphatic heterocycles. The van der Waals surface area contributed by atoms with Gasteiger partial charge in [0.05, 0.1) is 24.8 Å². The van der Waals surface area contributed by atoms with Crippen molar-refractivity contribution in [3.05, 3.63) is 23.2 Å². The number of anilines is 1. The van der Waals surface area contributed by atoms with Gasteiger partial charge in [0.25, 0.3) is 0 Å². The van der Waals surface area contributed by atoms with Gasteiger partial charge in [-0.2, -0.15) is 5.26 Å². The molecular weight excluding hydrogens is 268 g/mol. The van der Waals surface area contributed by atoms with Crippen LogP contribution in [0.1, 0.15) is 6.92 Å². The quantitative estimate of drug-likeness (QED) is 0.811. The summed E-state index contributed by atoms with van der Waals surface area (Å²) in [6, 6.07) is 7.04. The van der Waals surface area contributed by atoms with Crippen LogP contribution in [0, 0.1) is 17.2 Å². The number of nitrogens with zero attached hydrogens (tertiary/aromatic N) is 2. The van der Waals surface area contributed by atoms with E-state index >= 15 is 0 Å². The summed E-state index contributed by atoms with van der Waals surface area (Å²) in [5, 5.41) is 18.3. The van der Waals surface area contributed by atoms with E-state index in [0.717, 1.165) is 0 Å². The topological polar surface area (TPSA) is 73.6 Å². The first kappa shape index (κ1) is 15.1. The van der Waals surface area contributed by atoms with Gasteiger partial charge in [0, 0.05) is 11.6 Å². The van der Waals surface area contributed by atoms with E-state index in [-0.39, 0.29) is 13.1 Å². The Bertz CT molecular complexity index is 499. The molecule has 1 atom stereocenters. The number of carbonyl (C=O) groups is 1. The van der Waals surface area contributed by atoms with Crippen LogP contribution >= 0.6 is 11.6 Å². The molecule has 1 aromatic rings. The Labute approximate surface area is 117 Å². The molecule has 0 aliphatic rings. The van der Waals surface area contributed by atoms with E-state index in [4.69, 9.17) is 26.7 Å². The Morgan fingerprint density at radius 2 is 2.32 bits per heavy atom. The molecule has 0 heterocycles. The third-order valence-electron chi connectivity index (χ3n) is 2.66. The predicted molar refractivity (Wildman–Crippen MR) is 72.6 cm³/mol. The van der Waals surface area contributed by atoms with Crippen molar-refractivity contribution in [2.24, 2.45) is 5.92 Å². The van der Waals surface area contributed by atoms with Crippen LogP contribution in [0.15, 0.2) is 18.2 Å². The molecule has 0 saturated heterocycles. The monoisotopic (exact) mass is 282 g/mol. The highest BCUT2D eigenvalue weighted by atomic mass is 35.5. The van der Waals surface area contributed by atoms with Crippen molar-refractivity contribution in [2.45, 2.75) is 6.92 Å². The second-order valence-corrected chi connectivity index (χ2v) is 4.53. The molecule has 6 heteroatoms. The summed E-state index contributed by atoms with van der Waals surface area (Å²) >= 11 is 5.94. The van der Waals surface area contributed by atoms with Crippen LogP contribution < -0.4 is 9.64 Å². The first-order chi connectivity index (χ1) is 8.99. The Morgan fingerprint density at radius 3 is 2.84 bits per heavy atom. The zero-order valence-electron chi connectivity index (χ0n) is 10.8. The van der Waals surface area contributed by atoms with Gasteiger partial charge in [0.2, 0.25) is 0 Å². The van der Waals surface area contributed by atoms with Crippen LogP contribution in [0.3, 0.4) is 0 Å². The maximum atomic E-state index is 10.9. The minimum atomic E-state index is -0.913. The second-order valence-electron chi connectivity index (χ2n) is 4.09. The average Bonchev–Trinajstić information content (AvgIpc) is 2.37. The van der Waals surface area contributed by atoms with E-state index in [1.807, 2.05) is 6.07 Å². The largest absolute Gasteiger partial charge is 0.495 e. The first-order valence-electron chi connectivity index (χ1n) is 5.67. The summed E-state index contributed by atoms with van der Waals surface area (Å²) in [5.74, 6) is -0.960. The number of carboxylic acid groups (broad SMARTS) is 1. The number of aliphatic carboxylic acids is 1. The zero-order valence-corrected chi connectivity index (χ0v) is 11.5. The molecule has 1 aromatic carbocycles. The molecule has 0 spiro atoms. The van der Waals surface area contributed by atoms with Crippen molar-refractivity contribution in [3.8, 4) is 11.8 Å². The van der Waals surface area contributed by atoms with Crippen molar-refractivity contribution >= 4 is 23.3 Å². The van der Waals surface area contributed by atoms with Crippen molar-refractivity contribution in [2.75, 3.05) is 25.1 Å². The number of methoxy groups -OCH3 is 1. The number of rotatable bonds is 6. The van der Waals surface area contributed by atoms with E-state index in [1.165, 1.54) is 7.11 Å². The van der Waals surface area contributed by atoms with Gasteiger partial charge in [-0.25, -0.2) is 0 Å². The summed E-state index contributed by atoms with van der Waals surface area (Å²) < 4.78 is 5.21. The Kier molecular flexibility index (Phi) is 5.46. The Morgan fingerprint density at radius 1 is 1.63 bits per heavy atom. The maximum Gasteiger partial charge on any atom is 0.308 e. The lowest BCUT2D eigenvalue weighted by Crippen LogP contribution is -2.32. The van der Waals surface area contributed by atoms with E-state index in [9.17, 15) is 4.79 Å². The molecule has 0 amide bonds. The summed E-state index contributed by atoms with van der Waals surface area (Å²) in [5.41, 5.74) is 0.615. The summed E-state index contributed by atoms with van der Waals surface area (Å²) in [7, 11) is 1.51. The third kappa shape index (κ3) is 4.04. The summed E-state index contributed by atoms with van der Waals surface area (Å²) in [4.78, 5) is 12.6. The lowest BCUT2D eigenvalue weighted by atomic mass is 10.1. The molecule has 0 aromatic heterocycles. The summed E-state index contributed by atoms with van der Waals surface area (Å²) in [6.45, 7) is 1.86.